The van der Waals surface area contributed by atoms with Gasteiger partial charge in [-0.3, -0.25) is 4.68 Å². The predicted molar refractivity (Wildman–Crippen MR) is 76.7 cm³/mol. The minimum Gasteiger partial charge on any atom is -0.386 e. The molecule has 2 rings (SSSR count). The van der Waals surface area contributed by atoms with E-state index in [0.29, 0.717) is 19.4 Å². The first kappa shape index (κ1) is 15.4. The van der Waals surface area contributed by atoms with Gasteiger partial charge in [0.2, 0.25) is 0 Å². The minimum absolute atomic E-state index is 0.249. The van der Waals surface area contributed by atoms with E-state index in [2.05, 4.69) is 10.1 Å². The van der Waals surface area contributed by atoms with Gasteiger partial charge in [0.25, 0.3) is 0 Å². The highest BCUT2D eigenvalue weighted by molar-refractivity contribution is 6.50. The second kappa shape index (κ2) is 5.76. The fourth-order valence-corrected chi connectivity index (χ4v) is 3.09. The molecule has 0 radical (unpaired) electrons. The van der Waals surface area contributed by atoms with Crippen molar-refractivity contribution < 1.29 is 5.11 Å². The van der Waals surface area contributed by atoms with Crippen LogP contribution in [-0.2, 0) is 6.54 Å². The average molecular weight is 327 g/mol. The summed E-state index contributed by atoms with van der Waals surface area (Å²) in [5, 5.41) is 14.5. The fraction of sp³-hybridized carbons (Fsp3) is 0.833. The van der Waals surface area contributed by atoms with Crippen LogP contribution in [0.2, 0.25) is 0 Å². The van der Waals surface area contributed by atoms with Crippen molar-refractivity contribution in [3.05, 3.63) is 12.7 Å². The van der Waals surface area contributed by atoms with E-state index >= 15 is 0 Å². The summed E-state index contributed by atoms with van der Waals surface area (Å²) < 4.78 is 0.995. The van der Waals surface area contributed by atoms with Crippen molar-refractivity contribution in [2.45, 2.75) is 54.5 Å². The second-order valence-corrected chi connectivity index (χ2v) is 7.34. The molecule has 0 bridgehead atoms. The van der Waals surface area contributed by atoms with Crippen LogP contribution in [0.4, 0.5) is 0 Å². The van der Waals surface area contributed by atoms with Crippen LogP contribution in [0, 0.1) is 5.92 Å². The molecule has 0 spiro atoms. The van der Waals surface area contributed by atoms with E-state index in [1.165, 1.54) is 6.33 Å². The molecule has 1 N–H and O–H groups in total. The van der Waals surface area contributed by atoms with E-state index < -0.39 is 9.93 Å². The van der Waals surface area contributed by atoms with E-state index in [-0.39, 0.29) is 11.3 Å². The van der Waals surface area contributed by atoms with Gasteiger partial charge in [0.15, 0.2) is 0 Å². The van der Waals surface area contributed by atoms with Gasteiger partial charge >= 0.3 is 0 Å². The van der Waals surface area contributed by atoms with Crippen molar-refractivity contribution in [2.75, 3.05) is 0 Å². The third-order valence-electron chi connectivity index (χ3n) is 3.73. The number of hydrogen-bond donors (Lipinski definition) is 1. The normalized spacial score (nSPS) is 25.8. The lowest BCUT2D eigenvalue weighted by Crippen LogP contribution is -2.43. The molecule has 0 aromatic carbocycles. The maximum atomic E-state index is 10.8. The van der Waals surface area contributed by atoms with Crippen molar-refractivity contribution in [2.24, 2.45) is 5.92 Å². The van der Waals surface area contributed by atoms with Gasteiger partial charge in [0, 0.05) is 0 Å². The smallest absolute Gasteiger partial charge is 0.137 e. The van der Waals surface area contributed by atoms with Gasteiger partial charge in [0.05, 0.1) is 11.9 Å². The van der Waals surface area contributed by atoms with Gasteiger partial charge in [-0.25, -0.2) is 4.98 Å². The van der Waals surface area contributed by atoms with Gasteiger partial charge in [-0.1, -0.05) is 6.92 Å². The Morgan fingerprint density at radius 1 is 1.58 bits per heavy atom. The van der Waals surface area contributed by atoms with Crippen LogP contribution in [0.3, 0.4) is 0 Å². The summed E-state index contributed by atoms with van der Waals surface area (Å²) in [7, 11) is 0. The van der Waals surface area contributed by atoms with Gasteiger partial charge in [-0.2, -0.15) is 5.10 Å². The third-order valence-corrected chi connectivity index (χ3v) is 5.37. The van der Waals surface area contributed by atoms with Crippen LogP contribution < -0.4 is 0 Å². The summed E-state index contributed by atoms with van der Waals surface area (Å²) in [5.41, 5.74) is -1.02. The Bertz CT molecular complexity index is 412. The van der Waals surface area contributed by atoms with Crippen molar-refractivity contribution in [3.63, 3.8) is 0 Å². The van der Waals surface area contributed by atoms with Crippen LogP contribution >= 0.6 is 34.8 Å². The summed E-state index contributed by atoms with van der Waals surface area (Å²) in [6, 6.07) is 0. The minimum atomic E-state index is -1.02. The summed E-state index contributed by atoms with van der Waals surface area (Å²) in [6.07, 6.45) is 5.81. The molecule has 1 aromatic heterocycles. The lowest BCUT2D eigenvalue weighted by molar-refractivity contribution is 0.00290. The number of rotatable bonds is 7. The lowest BCUT2D eigenvalue weighted by atomic mass is 9.90. The monoisotopic (exact) mass is 325 g/mol. The molecule has 3 unspecified atom stereocenters. The Balaban J connectivity index is 1.98. The van der Waals surface area contributed by atoms with E-state index in [0.717, 1.165) is 12.8 Å². The van der Waals surface area contributed by atoms with E-state index in [4.69, 9.17) is 34.8 Å². The van der Waals surface area contributed by atoms with Crippen LogP contribution in [0.1, 0.15) is 32.6 Å². The number of alkyl halides is 3. The molecule has 0 amide bonds. The van der Waals surface area contributed by atoms with Crippen molar-refractivity contribution in [3.8, 4) is 0 Å². The summed E-state index contributed by atoms with van der Waals surface area (Å²) >= 11 is 18.3. The first-order chi connectivity index (χ1) is 8.87. The highest BCUT2D eigenvalue weighted by Crippen LogP contribution is 2.56. The SMILES string of the molecule is CCC(Cl)C(O)(CCC1CC1(Cl)Cl)Cn1cncn1. The van der Waals surface area contributed by atoms with Crippen molar-refractivity contribution in [1.82, 2.24) is 14.8 Å². The Morgan fingerprint density at radius 2 is 2.26 bits per heavy atom. The topological polar surface area (TPSA) is 50.9 Å². The fourth-order valence-electron chi connectivity index (χ4n) is 2.32. The van der Waals surface area contributed by atoms with Gasteiger partial charge < -0.3 is 5.11 Å². The molecule has 0 saturated heterocycles. The van der Waals surface area contributed by atoms with Crippen LogP contribution in [-0.4, -0.2) is 35.2 Å². The van der Waals surface area contributed by atoms with Crippen LogP contribution in [0.5, 0.6) is 0 Å². The Labute approximate surface area is 128 Å². The predicted octanol–water partition coefficient (Wildman–Crippen LogP) is 3.00. The zero-order chi connectivity index (χ0) is 14.1. The first-order valence-electron chi connectivity index (χ1n) is 6.44. The molecule has 0 aliphatic heterocycles. The largest absolute Gasteiger partial charge is 0.386 e. The number of aliphatic hydroxyl groups is 1. The Morgan fingerprint density at radius 3 is 2.74 bits per heavy atom. The molecule has 1 heterocycles. The highest BCUT2D eigenvalue weighted by atomic mass is 35.5. The first-order valence-corrected chi connectivity index (χ1v) is 7.63. The molecule has 1 saturated carbocycles. The zero-order valence-corrected chi connectivity index (χ0v) is 13.0. The van der Waals surface area contributed by atoms with E-state index in [9.17, 15) is 5.11 Å². The molecule has 1 aliphatic carbocycles. The molecule has 19 heavy (non-hydrogen) atoms. The summed E-state index contributed by atoms with van der Waals surface area (Å²) in [6.45, 7) is 2.29. The number of hydrogen-bond acceptors (Lipinski definition) is 3. The average Bonchev–Trinajstić information content (AvgIpc) is 2.77. The van der Waals surface area contributed by atoms with Gasteiger partial charge in [-0.15, -0.1) is 34.8 Å². The summed E-state index contributed by atoms with van der Waals surface area (Å²) in [4.78, 5) is 3.88. The number of halogens is 3. The third kappa shape index (κ3) is 3.75. The zero-order valence-electron chi connectivity index (χ0n) is 10.8. The summed E-state index contributed by atoms with van der Waals surface area (Å²) in [5.74, 6) is 0.249. The molecule has 1 aliphatic rings. The molecule has 7 heteroatoms. The second-order valence-electron chi connectivity index (χ2n) is 5.27. The van der Waals surface area contributed by atoms with E-state index in [1.54, 1.807) is 11.0 Å². The Kier molecular flexibility index (Phi) is 4.66. The van der Waals surface area contributed by atoms with Crippen LogP contribution in [0.15, 0.2) is 12.7 Å². The molecular weight excluding hydrogens is 309 g/mol. The highest BCUT2D eigenvalue weighted by Gasteiger charge is 2.52. The molecule has 4 nitrogen and oxygen atoms in total. The molecular formula is C12H18Cl3N3O. The molecule has 1 fully saturated rings. The molecule has 108 valence electrons. The van der Waals surface area contributed by atoms with Crippen molar-refractivity contribution >= 4 is 34.8 Å². The van der Waals surface area contributed by atoms with Crippen LogP contribution in [0.25, 0.3) is 0 Å². The number of nitrogens with zero attached hydrogens (tertiary/aromatic N) is 3. The molecule has 3 atom stereocenters. The molecule has 1 aromatic rings. The van der Waals surface area contributed by atoms with Gasteiger partial charge in [0.1, 0.15) is 22.6 Å². The number of aromatic nitrogens is 3. The maximum Gasteiger partial charge on any atom is 0.137 e. The quantitative estimate of drug-likeness (QED) is 0.784. The van der Waals surface area contributed by atoms with Crippen molar-refractivity contribution in [1.29, 1.82) is 0 Å². The van der Waals surface area contributed by atoms with E-state index in [1.807, 2.05) is 6.92 Å². The van der Waals surface area contributed by atoms with Gasteiger partial charge in [-0.05, 0) is 31.6 Å². The standard InChI is InChI=1S/C12H18Cl3N3O/c1-2-10(13)11(19,6-18-8-16-7-17-18)4-3-9-5-12(9,14)15/h7-10,19H,2-6H2,1H3. The Hall–Kier alpha value is -0.0300. The lowest BCUT2D eigenvalue weighted by Gasteiger charge is -2.32. The maximum absolute atomic E-state index is 10.8.